The first-order valence-corrected chi connectivity index (χ1v) is 6.66. The number of hydrogen-bond acceptors (Lipinski definition) is 5. The molecule has 0 aromatic carbocycles. The summed E-state index contributed by atoms with van der Waals surface area (Å²) in [6.07, 6.45) is 4.78. The molecule has 1 rings (SSSR count). The van der Waals surface area contributed by atoms with Crippen molar-refractivity contribution in [1.29, 1.82) is 0 Å². The predicted octanol–water partition coefficient (Wildman–Crippen LogP) is 0.789. The number of carbonyl (C=O) groups is 1. The molecule has 2 atom stereocenters. The minimum Gasteiger partial charge on any atom is -0.462 e. The van der Waals surface area contributed by atoms with Gasteiger partial charge in [0.2, 0.25) is 0 Å². The number of carbonyl (C=O) groups excluding carboxylic acids is 1. The summed E-state index contributed by atoms with van der Waals surface area (Å²) < 4.78 is 10.4. The van der Waals surface area contributed by atoms with Gasteiger partial charge in [0.15, 0.2) is 0 Å². The van der Waals surface area contributed by atoms with Gasteiger partial charge in [-0.3, -0.25) is 4.79 Å². The van der Waals surface area contributed by atoms with E-state index in [9.17, 15) is 4.79 Å². The van der Waals surface area contributed by atoms with Gasteiger partial charge in [-0.15, -0.1) is 0 Å². The van der Waals surface area contributed by atoms with E-state index in [-0.39, 0.29) is 12.1 Å². The van der Waals surface area contributed by atoms with Crippen molar-refractivity contribution >= 4 is 17.7 Å². The predicted molar refractivity (Wildman–Crippen MR) is 60.9 cm³/mol. The first-order chi connectivity index (χ1) is 7.24. The third-order valence-corrected chi connectivity index (χ3v) is 3.02. The highest BCUT2D eigenvalue weighted by Gasteiger charge is 2.20. The van der Waals surface area contributed by atoms with Crippen LogP contribution in [0.25, 0.3) is 0 Å². The zero-order valence-corrected chi connectivity index (χ0v) is 9.92. The molecular formula is C10H19NO3S. The van der Waals surface area contributed by atoms with Crippen LogP contribution >= 0.6 is 11.8 Å². The Labute approximate surface area is 94.9 Å². The standard InChI is InChI=1S/C10H19NO3S/c1-15-6-4-9(11)10(12)14-7-8-3-2-5-13-8/h8-9H,2-7,11H2,1H3/t8?,9-/m0/s1. The minimum absolute atomic E-state index is 0.0849. The lowest BCUT2D eigenvalue weighted by Crippen LogP contribution is -2.34. The zero-order chi connectivity index (χ0) is 11.1. The van der Waals surface area contributed by atoms with E-state index in [0.717, 1.165) is 25.2 Å². The number of hydrogen-bond donors (Lipinski definition) is 1. The summed E-state index contributed by atoms with van der Waals surface area (Å²) in [5.41, 5.74) is 5.66. The average molecular weight is 233 g/mol. The van der Waals surface area contributed by atoms with E-state index in [1.165, 1.54) is 0 Å². The van der Waals surface area contributed by atoms with Crippen LogP contribution < -0.4 is 5.73 Å². The van der Waals surface area contributed by atoms with Crippen molar-refractivity contribution in [3.63, 3.8) is 0 Å². The molecule has 0 bridgehead atoms. The summed E-state index contributed by atoms with van der Waals surface area (Å²) in [5.74, 6) is 0.579. The van der Waals surface area contributed by atoms with Gasteiger partial charge in [-0.2, -0.15) is 11.8 Å². The van der Waals surface area contributed by atoms with E-state index in [1.807, 2.05) is 6.26 Å². The van der Waals surface area contributed by atoms with Crippen LogP contribution in [-0.2, 0) is 14.3 Å². The molecule has 0 spiro atoms. The second-order valence-electron chi connectivity index (χ2n) is 3.65. The third-order valence-electron chi connectivity index (χ3n) is 2.37. The van der Waals surface area contributed by atoms with Gasteiger partial charge in [0.1, 0.15) is 12.6 Å². The maximum atomic E-state index is 11.4. The highest BCUT2D eigenvalue weighted by molar-refractivity contribution is 7.98. The Kier molecular flexibility index (Phi) is 6.05. The van der Waals surface area contributed by atoms with E-state index in [1.54, 1.807) is 11.8 Å². The van der Waals surface area contributed by atoms with Crippen LogP contribution in [0.1, 0.15) is 19.3 Å². The van der Waals surface area contributed by atoms with Crippen LogP contribution in [0.15, 0.2) is 0 Å². The lowest BCUT2D eigenvalue weighted by atomic mass is 10.2. The lowest BCUT2D eigenvalue weighted by molar-refractivity contribution is -0.148. The summed E-state index contributed by atoms with van der Waals surface area (Å²) in [5, 5.41) is 0. The number of ether oxygens (including phenoxy) is 2. The van der Waals surface area contributed by atoms with Crippen LogP contribution in [0.3, 0.4) is 0 Å². The summed E-state index contributed by atoms with van der Waals surface area (Å²) in [6, 6.07) is -0.487. The van der Waals surface area contributed by atoms with Gasteiger partial charge in [0.25, 0.3) is 0 Å². The Balaban J connectivity index is 2.11. The Bertz CT molecular complexity index is 195. The fourth-order valence-corrected chi connectivity index (χ4v) is 1.91. The van der Waals surface area contributed by atoms with Crippen LogP contribution in [-0.4, -0.2) is 43.3 Å². The fourth-order valence-electron chi connectivity index (χ4n) is 1.42. The summed E-state index contributed by atoms with van der Waals surface area (Å²) >= 11 is 1.68. The fraction of sp³-hybridized carbons (Fsp3) is 0.900. The Hall–Kier alpha value is -0.260. The topological polar surface area (TPSA) is 61.6 Å². The molecule has 1 aliphatic heterocycles. The number of rotatable bonds is 6. The SMILES string of the molecule is CSCC[C@H](N)C(=O)OCC1CCCO1. The molecule has 0 radical (unpaired) electrons. The molecule has 0 aromatic heterocycles. The molecule has 5 heteroatoms. The molecule has 1 saturated heterocycles. The van der Waals surface area contributed by atoms with Crippen molar-refractivity contribution in [2.75, 3.05) is 25.2 Å². The molecule has 2 N–H and O–H groups in total. The highest BCUT2D eigenvalue weighted by atomic mass is 32.2. The maximum absolute atomic E-state index is 11.4. The van der Waals surface area contributed by atoms with Gasteiger partial charge in [0, 0.05) is 6.61 Å². The Morgan fingerprint density at radius 3 is 3.13 bits per heavy atom. The van der Waals surface area contributed by atoms with Crippen molar-refractivity contribution in [3.8, 4) is 0 Å². The van der Waals surface area contributed by atoms with E-state index in [4.69, 9.17) is 15.2 Å². The number of esters is 1. The molecule has 88 valence electrons. The molecular weight excluding hydrogens is 214 g/mol. The molecule has 1 unspecified atom stereocenters. The van der Waals surface area contributed by atoms with Crippen molar-refractivity contribution in [2.45, 2.75) is 31.4 Å². The molecule has 0 aliphatic carbocycles. The van der Waals surface area contributed by atoms with E-state index < -0.39 is 6.04 Å². The third kappa shape index (κ3) is 4.86. The molecule has 1 heterocycles. The van der Waals surface area contributed by atoms with Crippen molar-refractivity contribution in [3.05, 3.63) is 0 Å². The smallest absolute Gasteiger partial charge is 0.323 e. The van der Waals surface area contributed by atoms with Crippen molar-refractivity contribution in [1.82, 2.24) is 0 Å². The van der Waals surface area contributed by atoms with Gasteiger partial charge in [-0.05, 0) is 31.3 Å². The second-order valence-corrected chi connectivity index (χ2v) is 4.64. The first kappa shape index (κ1) is 12.8. The van der Waals surface area contributed by atoms with E-state index in [0.29, 0.717) is 13.0 Å². The Morgan fingerprint density at radius 2 is 2.53 bits per heavy atom. The Morgan fingerprint density at radius 1 is 1.73 bits per heavy atom. The summed E-state index contributed by atoms with van der Waals surface area (Å²) in [4.78, 5) is 11.4. The van der Waals surface area contributed by atoms with Gasteiger partial charge in [-0.1, -0.05) is 0 Å². The highest BCUT2D eigenvalue weighted by Crippen LogP contribution is 2.12. The van der Waals surface area contributed by atoms with Gasteiger partial charge >= 0.3 is 5.97 Å². The van der Waals surface area contributed by atoms with E-state index >= 15 is 0 Å². The molecule has 15 heavy (non-hydrogen) atoms. The molecule has 0 saturated carbocycles. The minimum atomic E-state index is -0.487. The summed E-state index contributed by atoms with van der Waals surface area (Å²) in [6.45, 7) is 1.13. The van der Waals surface area contributed by atoms with Crippen LogP contribution in [0.4, 0.5) is 0 Å². The lowest BCUT2D eigenvalue weighted by Gasteiger charge is -2.13. The molecule has 4 nitrogen and oxygen atoms in total. The molecule has 0 amide bonds. The van der Waals surface area contributed by atoms with Crippen LogP contribution in [0.5, 0.6) is 0 Å². The normalized spacial score (nSPS) is 22.7. The number of thioether (sulfide) groups is 1. The van der Waals surface area contributed by atoms with Crippen molar-refractivity contribution < 1.29 is 14.3 Å². The van der Waals surface area contributed by atoms with E-state index in [2.05, 4.69) is 0 Å². The van der Waals surface area contributed by atoms with Gasteiger partial charge in [0.05, 0.1) is 6.10 Å². The molecule has 0 aromatic rings. The number of nitrogens with two attached hydrogens (primary N) is 1. The summed E-state index contributed by atoms with van der Waals surface area (Å²) in [7, 11) is 0. The maximum Gasteiger partial charge on any atom is 0.323 e. The monoisotopic (exact) mass is 233 g/mol. The quantitative estimate of drug-likeness (QED) is 0.687. The average Bonchev–Trinajstić information content (AvgIpc) is 2.75. The molecule has 1 fully saturated rings. The van der Waals surface area contributed by atoms with Crippen LogP contribution in [0, 0.1) is 0 Å². The zero-order valence-electron chi connectivity index (χ0n) is 9.11. The van der Waals surface area contributed by atoms with Gasteiger partial charge < -0.3 is 15.2 Å². The first-order valence-electron chi connectivity index (χ1n) is 5.26. The second kappa shape index (κ2) is 7.09. The van der Waals surface area contributed by atoms with Gasteiger partial charge in [-0.25, -0.2) is 0 Å². The van der Waals surface area contributed by atoms with Crippen LogP contribution in [0.2, 0.25) is 0 Å². The van der Waals surface area contributed by atoms with Crippen molar-refractivity contribution in [2.24, 2.45) is 5.73 Å². The largest absolute Gasteiger partial charge is 0.462 e. The molecule has 1 aliphatic rings.